The Kier molecular flexibility index (Phi) is 7.05. The highest BCUT2D eigenvalue weighted by Crippen LogP contribution is 2.45. The van der Waals surface area contributed by atoms with Crippen LogP contribution in [-0.2, 0) is 16.1 Å². The van der Waals surface area contributed by atoms with Crippen molar-refractivity contribution in [3.05, 3.63) is 77.9 Å². The molecule has 1 amide bonds. The first-order chi connectivity index (χ1) is 17.0. The van der Waals surface area contributed by atoms with Crippen molar-refractivity contribution in [2.24, 2.45) is 0 Å². The third-order valence-corrected chi connectivity index (χ3v) is 5.99. The van der Waals surface area contributed by atoms with Crippen molar-refractivity contribution in [3.8, 4) is 17.2 Å². The first kappa shape index (κ1) is 23.9. The van der Waals surface area contributed by atoms with E-state index in [0.717, 1.165) is 0 Å². The van der Waals surface area contributed by atoms with E-state index in [-0.39, 0.29) is 17.9 Å². The van der Waals surface area contributed by atoms with Gasteiger partial charge in [-0.05, 0) is 24.6 Å². The molecule has 182 valence electrons. The van der Waals surface area contributed by atoms with Gasteiger partial charge >= 0.3 is 0 Å². The molecular formula is C26H27N3O6. The number of carbonyl (C=O) groups excluding carboxylic acids is 2. The van der Waals surface area contributed by atoms with E-state index in [0.29, 0.717) is 41.3 Å². The number of amides is 1. The number of aryl methyl sites for hydroxylation is 1. The van der Waals surface area contributed by atoms with Crippen LogP contribution < -0.4 is 14.2 Å². The number of aromatic nitrogens is 2. The Morgan fingerprint density at radius 3 is 2.51 bits per heavy atom. The van der Waals surface area contributed by atoms with Crippen molar-refractivity contribution >= 4 is 17.4 Å². The van der Waals surface area contributed by atoms with Crippen LogP contribution >= 0.6 is 0 Å². The predicted octanol–water partition coefficient (Wildman–Crippen LogP) is 3.42. The highest BCUT2D eigenvalue weighted by molar-refractivity contribution is 6.46. The van der Waals surface area contributed by atoms with Crippen LogP contribution in [0.1, 0.15) is 23.6 Å². The molecule has 2 heterocycles. The maximum atomic E-state index is 13.3. The number of hydrogen-bond acceptors (Lipinski definition) is 7. The first-order valence-electron chi connectivity index (χ1n) is 11.1. The van der Waals surface area contributed by atoms with Gasteiger partial charge in [-0.1, -0.05) is 24.3 Å². The zero-order chi connectivity index (χ0) is 24.9. The number of aliphatic hydroxyl groups is 1. The Morgan fingerprint density at radius 1 is 1.03 bits per heavy atom. The number of benzene rings is 2. The van der Waals surface area contributed by atoms with Crippen molar-refractivity contribution in [3.63, 3.8) is 0 Å². The summed E-state index contributed by atoms with van der Waals surface area (Å²) >= 11 is 0. The summed E-state index contributed by atoms with van der Waals surface area (Å²) in [4.78, 5) is 32.0. The lowest BCUT2D eigenvalue weighted by Gasteiger charge is -2.27. The van der Waals surface area contributed by atoms with Gasteiger partial charge in [0.05, 0.1) is 39.3 Å². The highest BCUT2D eigenvalue weighted by atomic mass is 16.5. The third-order valence-electron chi connectivity index (χ3n) is 5.99. The molecule has 4 rings (SSSR count). The summed E-state index contributed by atoms with van der Waals surface area (Å²) in [5, 5.41) is 11.3. The van der Waals surface area contributed by atoms with Gasteiger partial charge < -0.3 is 28.8 Å². The second-order valence-electron chi connectivity index (χ2n) is 7.96. The van der Waals surface area contributed by atoms with Crippen molar-refractivity contribution in [2.75, 3.05) is 27.9 Å². The molecule has 1 saturated heterocycles. The second kappa shape index (κ2) is 10.3. The Bertz CT molecular complexity index is 1250. The van der Waals surface area contributed by atoms with Gasteiger partial charge in [0.25, 0.3) is 11.7 Å². The summed E-state index contributed by atoms with van der Waals surface area (Å²) in [6.07, 6.45) is 5.78. The van der Waals surface area contributed by atoms with E-state index in [2.05, 4.69) is 4.98 Å². The zero-order valence-electron chi connectivity index (χ0n) is 19.8. The topological polar surface area (TPSA) is 103 Å². The summed E-state index contributed by atoms with van der Waals surface area (Å²) in [6.45, 7) is 0.892. The maximum Gasteiger partial charge on any atom is 0.295 e. The normalized spacial score (nSPS) is 17.0. The van der Waals surface area contributed by atoms with Gasteiger partial charge in [-0.15, -0.1) is 0 Å². The van der Waals surface area contributed by atoms with Gasteiger partial charge in [0.1, 0.15) is 11.5 Å². The van der Waals surface area contributed by atoms with E-state index in [1.54, 1.807) is 55.0 Å². The van der Waals surface area contributed by atoms with E-state index in [9.17, 15) is 14.7 Å². The van der Waals surface area contributed by atoms with Crippen LogP contribution in [0, 0.1) is 0 Å². The van der Waals surface area contributed by atoms with Crippen LogP contribution in [0.4, 0.5) is 0 Å². The van der Waals surface area contributed by atoms with E-state index >= 15 is 0 Å². The van der Waals surface area contributed by atoms with Crippen LogP contribution in [0.15, 0.2) is 66.8 Å². The van der Waals surface area contributed by atoms with Gasteiger partial charge in [-0.25, -0.2) is 4.98 Å². The van der Waals surface area contributed by atoms with Crippen LogP contribution in [0.3, 0.4) is 0 Å². The fourth-order valence-corrected chi connectivity index (χ4v) is 4.33. The molecule has 0 bridgehead atoms. The number of carbonyl (C=O) groups is 2. The smallest absolute Gasteiger partial charge is 0.295 e. The van der Waals surface area contributed by atoms with E-state index < -0.39 is 17.7 Å². The largest absolute Gasteiger partial charge is 0.507 e. The number of ketones is 1. The number of aliphatic hydroxyl groups excluding tert-OH is 1. The highest BCUT2D eigenvalue weighted by Gasteiger charge is 2.47. The molecule has 0 saturated carbocycles. The van der Waals surface area contributed by atoms with Crippen molar-refractivity contribution in [2.45, 2.75) is 19.0 Å². The predicted molar refractivity (Wildman–Crippen MR) is 128 cm³/mol. The summed E-state index contributed by atoms with van der Waals surface area (Å²) in [5.74, 6) is -0.375. The number of nitrogens with zero attached hydrogens (tertiary/aromatic N) is 3. The molecule has 9 heteroatoms. The van der Waals surface area contributed by atoms with Crippen LogP contribution in [0.5, 0.6) is 17.2 Å². The molecule has 1 N–H and O–H groups in total. The van der Waals surface area contributed by atoms with E-state index in [1.807, 2.05) is 10.8 Å². The molecule has 0 spiro atoms. The quantitative estimate of drug-likeness (QED) is 0.286. The van der Waals surface area contributed by atoms with Crippen molar-refractivity contribution in [1.82, 2.24) is 14.5 Å². The monoisotopic (exact) mass is 477 g/mol. The Balaban J connectivity index is 1.82. The van der Waals surface area contributed by atoms with Crippen LogP contribution in [-0.4, -0.2) is 59.1 Å². The lowest BCUT2D eigenvalue weighted by atomic mass is 9.94. The number of ether oxygens (including phenoxy) is 3. The average molecular weight is 478 g/mol. The lowest BCUT2D eigenvalue weighted by Crippen LogP contribution is -2.31. The van der Waals surface area contributed by atoms with Gasteiger partial charge in [0.15, 0.2) is 11.5 Å². The summed E-state index contributed by atoms with van der Waals surface area (Å²) < 4.78 is 18.2. The van der Waals surface area contributed by atoms with Gasteiger partial charge in [0.2, 0.25) is 0 Å². The molecule has 1 fully saturated rings. The van der Waals surface area contributed by atoms with Crippen LogP contribution in [0.2, 0.25) is 0 Å². The van der Waals surface area contributed by atoms with E-state index in [1.165, 1.54) is 26.2 Å². The summed E-state index contributed by atoms with van der Waals surface area (Å²) in [6, 6.07) is 11.1. The minimum atomic E-state index is -0.867. The fraction of sp³-hybridized carbons (Fsp3) is 0.269. The molecule has 1 aromatic heterocycles. The van der Waals surface area contributed by atoms with Crippen LogP contribution in [0.25, 0.3) is 5.76 Å². The molecule has 3 aromatic rings. The number of Topliss-reactive ketones (excluding diaryl/α,β-unsaturated/α-hetero) is 1. The molecule has 35 heavy (non-hydrogen) atoms. The number of para-hydroxylation sites is 1. The average Bonchev–Trinajstić information content (AvgIpc) is 3.50. The Hall–Kier alpha value is -4.27. The molecule has 1 aliphatic rings. The molecule has 9 nitrogen and oxygen atoms in total. The van der Waals surface area contributed by atoms with Gasteiger partial charge in [-0.2, -0.15) is 0 Å². The van der Waals surface area contributed by atoms with Crippen molar-refractivity contribution in [1.29, 1.82) is 0 Å². The molecule has 0 unspecified atom stereocenters. The summed E-state index contributed by atoms with van der Waals surface area (Å²) in [5.41, 5.74) is 0.892. The number of rotatable bonds is 9. The first-order valence-corrected chi connectivity index (χ1v) is 11.1. The number of likely N-dealkylation sites (tertiary alicyclic amines) is 1. The van der Waals surface area contributed by atoms with E-state index in [4.69, 9.17) is 14.2 Å². The Labute approximate surface area is 203 Å². The fourth-order valence-electron chi connectivity index (χ4n) is 4.33. The summed E-state index contributed by atoms with van der Waals surface area (Å²) in [7, 11) is 4.52. The minimum absolute atomic E-state index is 0.0163. The number of imidazole rings is 1. The third kappa shape index (κ3) is 4.57. The second-order valence-corrected chi connectivity index (χ2v) is 7.96. The molecule has 0 radical (unpaired) electrons. The SMILES string of the molecule is COc1cccc(C(O)=C2C(=O)C(=O)N(CCCn3ccnc3)[C@@H]2c2cccc(OC)c2OC)c1. The standard InChI is InChI=1S/C26H27N3O6/c1-33-18-8-4-7-17(15-18)23(30)21-22(19-9-5-10-20(34-2)25(19)35-3)29(26(32)24(21)31)13-6-12-28-14-11-27-16-28/h4-5,7-11,14-16,22,30H,6,12-13H2,1-3H3/t22-/m1/s1. The number of hydrogen-bond donors (Lipinski definition) is 1. The maximum absolute atomic E-state index is 13.3. The molecule has 1 atom stereocenters. The molecule has 1 aliphatic heterocycles. The molecular weight excluding hydrogens is 450 g/mol. The minimum Gasteiger partial charge on any atom is -0.507 e. The van der Waals surface area contributed by atoms with Gasteiger partial charge in [-0.3, -0.25) is 9.59 Å². The van der Waals surface area contributed by atoms with Crippen molar-refractivity contribution < 1.29 is 28.9 Å². The Morgan fingerprint density at radius 2 is 1.83 bits per heavy atom. The molecule has 0 aliphatic carbocycles. The number of methoxy groups -OCH3 is 3. The lowest BCUT2D eigenvalue weighted by molar-refractivity contribution is -0.140. The molecule has 2 aromatic carbocycles. The zero-order valence-corrected chi connectivity index (χ0v) is 19.8. The van der Waals surface area contributed by atoms with Gasteiger partial charge in [0, 0.05) is 36.6 Å².